The quantitative estimate of drug-likeness (QED) is 0.429. The van der Waals surface area contributed by atoms with Crippen molar-refractivity contribution in [3.05, 3.63) is 28.3 Å². The van der Waals surface area contributed by atoms with Crippen LogP contribution in [-0.4, -0.2) is 61.9 Å². The zero-order chi connectivity index (χ0) is 17.7. The van der Waals surface area contributed by atoms with E-state index in [1.807, 2.05) is 0 Å². The number of hydrogen-bond acceptors (Lipinski definition) is 7. The normalized spacial score (nSPS) is 16.9. The zero-order valence-corrected chi connectivity index (χ0v) is 14.5. The number of likely N-dealkylation sites (tertiary alicyclic amines) is 1. The lowest BCUT2D eigenvalue weighted by Crippen LogP contribution is -2.36. The molecule has 1 aromatic rings. The Kier molecular flexibility index (Phi) is 6.14. The van der Waals surface area contributed by atoms with Gasteiger partial charge in [0.2, 0.25) is 0 Å². The van der Waals surface area contributed by atoms with E-state index in [1.54, 1.807) is 0 Å². The van der Waals surface area contributed by atoms with E-state index in [0.717, 1.165) is 45.2 Å². The highest BCUT2D eigenvalue weighted by atomic mass is 32.2. The second-order valence-corrected chi connectivity index (χ2v) is 8.02. The van der Waals surface area contributed by atoms with Crippen molar-refractivity contribution in [3.63, 3.8) is 0 Å². The molecule has 0 atom stereocenters. The van der Waals surface area contributed by atoms with E-state index in [0.29, 0.717) is 6.54 Å². The molecular formula is C15H23N3O5S. The van der Waals surface area contributed by atoms with Crippen molar-refractivity contribution >= 4 is 21.2 Å². The topological polar surface area (TPSA) is 113 Å². The first kappa shape index (κ1) is 18.6. The molecule has 0 radical (unpaired) electrons. The van der Waals surface area contributed by atoms with Gasteiger partial charge in [0, 0.05) is 25.9 Å². The van der Waals surface area contributed by atoms with Crippen LogP contribution < -0.4 is 5.32 Å². The van der Waals surface area contributed by atoms with Gasteiger partial charge in [0.15, 0.2) is 9.84 Å². The minimum Gasteiger partial charge on any atom is -0.393 e. The molecule has 24 heavy (non-hydrogen) atoms. The molecule has 9 heteroatoms. The average molecular weight is 357 g/mol. The van der Waals surface area contributed by atoms with Crippen molar-refractivity contribution in [2.24, 2.45) is 0 Å². The van der Waals surface area contributed by atoms with E-state index in [9.17, 15) is 23.6 Å². The summed E-state index contributed by atoms with van der Waals surface area (Å²) in [7, 11) is -3.67. The third-order valence-electron chi connectivity index (χ3n) is 4.10. The maximum Gasteiger partial charge on any atom is 0.310 e. The summed E-state index contributed by atoms with van der Waals surface area (Å²) in [5, 5.41) is 23.7. The minimum atomic E-state index is -3.67. The monoisotopic (exact) mass is 357 g/mol. The predicted molar refractivity (Wildman–Crippen MR) is 91.0 cm³/mol. The van der Waals surface area contributed by atoms with Gasteiger partial charge >= 0.3 is 5.69 Å². The van der Waals surface area contributed by atoms with Crippen molar-refractivity contribution < 1.29 is 18.4 Å². The third-order valence-corrected chi connectivity index (χ3v) is 5.23. The van der Waals surface area contributed by atoms with Gasteiger partial charge in [-0.3, -0.25) is 10.1 Å². The number of para-hydroxylation sites is 1. The Balaban J connectivity index is 1.96. The number of sulfone groups is 1. The number of nitrogens with zero attached hydrogens (tertiary/aromatic N) is 2. The molecule has 0 amide bonds. The molecule has 0 saturated carbocycles. The molecule has 8 nitrogen and oxygen atoms in total. The van der Waals surface area contributed by atoms with Gasteiger partial charge in [0.05, 0.1) is 11.0 Å². The molecule has 0 bridgehead atoms. The van der Waals surface area contributed by atoms with E-state index in [-0.39, 0.29) is 16.7 Å². The minimum absolute atomic E-state index is 0.208. The fourth-order valence-electron chi connectivity index (χ4n) is 2.82. The lowest BCUT2D eigenvalue weighted by molar-refractivity contribution is -0.386. The van der Waals surface area contributed by atoms with Crippen LogP contribution in [0.3, 0.4) is 0 Å². The summed E-state index contributed by atoms with van der Waals surface area (Å²) in [5.41, 5.74) is -0.182. The molecule has 1 aliphatic rings. The van der Waals surface area contributed by atoms with Gasteiger partial charge in [-0.1, -0.05) is 6.07 Å². The summed E-state index contributed by atoms with van der Waals surface area (Å²) in [6.45, 7) is 3.04. The average Bonchev–Trinajstić information content (AvgIpc) is 2.52. The first-order valence-corrected chi connectivity index (χ1v) is 9.80. The second kappa shape index (κ2) is 7.91. The van der Waals surface area contributed by atoms with Crippen molar-refractivity contribution in [3.8, 4) is 0 Å². The van der Waals surface area contributed by atoms with Gasteiger partial charge in [-0.2, -0.15) is 0 Å². The molecule has 2 rings (SSSR count). The zero-order valence-electron chi connectivity index (χ0n) is 13.6. The van der Waals surface area contributed by atoms with Crippen LogP contribution in [-0.2, 0) is 9.84 Å². The maximum atomic E-state index is 11.7. The maximum absolute atomic E-state index is 11.7. The number of rotatable bonds is 7. The predicted octanol–water partition coefficient (Wildman–Crippen LogP) is 1.26. The van der Waals surface area contributed by atoms with E-state index >= 15 is 0 Å². The van der Waals surface area contributed by atoms with Gasteiger partial charge in [0.25, 0.3) is 0 Å². The van der Waals surface area contributed by atoms with Crippen LogP contribution in [0.1, 0.15) is 19.3 Å². The number of anilines is 1. The number of aliphatic hydroxyl groups excluding tert-OH is 1. The smallest absolute Gasteiger partial charge is 0.310 e. The second-order valence-electron chi connectivity index (χ2n) is 6.03. The SMILES string of the molecule is CS(=O)(=O)c1cccc(NCCCN2CCC(O)CC2)c1[N+](=O)[O-]. The Bertz CT molecular complexity index is 684. The number of benzene rings is 1. The van der Waals surface area contributed by atoms with E-state index in [4.69, 9.17) is 0 Å². The lowest BCUT2D eigenvalue weighted by Gasteiger charge is -2.29. The van der Waals surface area contributed by atoms with Gasteiger partial charge in [-0.25, -0.2) is 8.42 Å². The van der Waals surface area contributed by atoms with Gasteiger partial charge in [-0.05, 0) is 37.9 Å². The molecule has 1 saturated heterocycles. The van der Waals surface area contributed by atoms with Crippen molar-refractivity contribution in [1.82, 2.24) is 4.90 Å². The summed E-state index contributed by atoms with van der Waals surface area (Å²) >= 11 is 0. The number of piperidine rings is 1. The standard InChI is InChI=1S/C15H23N3O5S/c1-24(22,23)14-5-2-4-13(15(14)18(20)21)16-8-3-9-17-10-6-12(19)7-11-17/h2,4-5,12,16,19H,3,6-11H2,1H3. The van der Waals surface area contributed by atoms with Gasteiger partial charge < -0.3 is 15.3 Å². The molecule has 0 spiro atoms. The van der Waals surface area contributed by atoms with Crippen LogP contribution in [0.5, 0.6) is 0 Å². The highest BCUT2D eigenvalue weighted by Crippen LogP contribution is 2.31. The molecule has 0 aliphatic carbocycles. The van der Waals surface area contributed by atoms with Crippen molar-refractivity contribution in [2.45, 2.75) is 30.3 Å². The first-order chi connectivity index (χ1) is 11.3. The van der Waals surface area contributed by atoms with Crippen LogP contribution in [0.2, 0.25) is 0 Å². The van der Waals surface area contributed by atoms with Crippen molar-refractivity contribution in [1.29, 1.82) is 0 Å². The number of nitro benzene ring substituents is 1. The molecular weight excluding hydrogens is 334 g/mol. The Morgan fingerprint density at radius 2 is 2.04 bits per heavy atom. The summed E-state index contributed by atoms with van der Waals surface area (Å²) in [6, 6.07) is 4.26. The molecule has 1 aromatic carbocycles. The molecule has 1 heterocycles. The van der Waals surface area contributed by atoms with Crippen LogP contribution in [0.4, 0.5) is 11.4 Å². The molecule has 1 aliphatic heterocycles. The fourth-order valence-corrected chi connectivity index (χ4v) is 3.68. The first-order valence-electron chi connectivity index (χ1n) is 7.91. The summed E-state index contributed by atoms with van der Waals surface area (Å²) in [5.74, 6) is 0. The third kappa shape index (κ3) is 4.89. The Morgan fingerprint density at radius 1 is 1.38 bits per heavy atom. The Morgan fingerprint density at radius 3 is 2.62 bits per heavy atom. The highest BCUT2D eigenvalue weighted by molar-refractivity contribution is 7.90. The lowest BCUT2D eigenvalue weighted by atomic mass is 10.1. The summed E-state index contributed by atoms with van der Waals surface area (Å²) in [6.07, 6.45) is 3.07. The largest absolute Gasteiger partial charge is 0.393 e. The van der Waals surface area contributed by atoms with Crippen LogP contribution in [0, 0.1) is 10.1 Å². The molecule has 0 aromatic heterocycles. The number of hydrogen-bond donors (Lipinski definition) is 2. The number of nitro groups is 1. The van der Waals surface area contributed by atoms with Crippen molar-refractivity contribution in [2.75, 3.05) is 37.8 Å². The molecule has 0 unspecified atom stereocenters. The van der Waals surface area contributed by atoms with Crippen LogP contribution in [0.25, 0.3) is 0 Å². The molecule has 134 valence electrons. The summed E-state index contributed by atoms with van der Waals surface area (Å²) < 4.78 is 23.4. The van der Waals surface area contributed by atoms with Gasteiger partial charge in [0.1, 0.15) is 10.6 Å². The number of aliphatic hydroxyl groups is 1. The highest BCUT2D eigenvalue weighted by Gasteiger charge is 2.25. The van der Waals surface area contributed by atoms with Gasteiger partial charge in [-0.15, -0.1) is 0 Å². The van der Waals surface area contributed by atoms with Crippen LogP contribution >= 0.6 is 0 Å². The Hall–Kier alpha value is -1.71. The van der Waals surface area contributed by atoms with E-state index in [2.05, 4.69) is 10.2 Å². The molecule has 2 N–H and O–H groups in total. The van der Waals surface area contributed by atoms with Crippen LogP contribution in [0.15, 0.2) is 23.1 Å². The summed E-state index contributed by atoms with van der Waals surface area (Å²) in [4.78, 5) is 12.6. The Labute approximate surface area is 141 Å². The number of nitrogens with one attached hydrogen (secondary N) is 1. The van der Waals surface area contributed by atoms with E-state index in [1.165, 1.54) is 18.2 Å². The van der Waals surface area contributed by atoms with E-state index < -0.39 is 20.4 Å². The fraction of sp³-hybridized carbons (Fsp3) is 0.600. The molecule has 1 fully saturated rings.